The molecule has 1 atom stereocenters. The summed E-state index contributed by atoms with van der Waals surface area (Å²) in [6.45, 7) is 10.3. The van der Waals surface area contributed by atoms with Crippen LogP contribution in [-0.4, -0.2) is 20.1 Å². The maximum Gasteiger partial charge on any atom is 0.261 e. The molecule has 1 heterocycles. The summed E-state index contributed by atoms with van der Waals surface area (Å²) in [4.78, 5) is 14.8. The molecule has 3 aromatic rings. The first-order valence-electron chi connectivity index (χ1n) is 11.2. The number of amides is 1. The molecule has 4 rings (SSSR count). The van der Waals surface area contributed by atoms with Gasteiger partial charge in [-0.1, -0.05) is 51.1 Å². The minimum Gasteiger partial charge on any atom is -0.295 e. The zero-order valence-corrected chi connectivity index (χ0v) is 21.8. The minimum atomic E-state index is -3.74. The summed E-state index contributed by atoms with van der Waals surface area (Å²) in [5.74, 6) is 0.427. The van der Waals surface area contributed by atoms with Gasteiger partial charge in [-0.25, -0.2) is 8.42 Å². The Labute approximate surface area is 206 Å². The average Bonchev–Trinajstić information content (AvgIpc) is 3.16. The van der Waals surface area contributed by atoms with Crippen molar-refractivity contribution in [3.05, 3.63) is 89.0 Å². The number of anilines is 2. The largest absolute Gasteiger partial charge is 0.295 e. The van der Waals surface area contributed by atoms with Crippen LogP contribution in [0.2, 0.25) is 0 Å². The number of carbonyl (C=O) groups excluding carboxylic acids is 1. The molecule has 7 heteroatoms. The smallest absolute Gasteiger partial charge is 0.261 e. The lowest BCUT2D eigenvalue weighted by Gasteiger charge is -2.25. The molecule has 178 valence electrons. The number of rotatable bonds is 5. The van der Waals surface area contributed by atoms with E-state index in [1.54, 1.807) is 34.9 Å². The number of benzene rings is 3. The molecular formula is C27H30N2O3S2. The summed E-state index contributed by atoms with van der Waals surface area (Å²) in [6.07, 6.45) is 0. The highest BCUT2D eigenvalue weighted by Crippen LogP contribution is 2.42. The Balaban J connectivity index is 1.60. The molecule has 0 saturated carbocycles. The van der Waals surface area contributed by atoms with Crippen molar-refractivity contribution in [3.8, 4) is 0 Å². The lowest BCUT2D eigenvalue weighted by molar-refractivity contribution is -0.115. The number of sulfonamides is 1. The standard InChI is InChI=1S/C27H30N2O3S2/c1-18-9-12-23(15-19(18)2)29-25(30)17-33-26(29)20-7-6-8-22(16-20)28-34(31,32)24-13-10-21(11-14-24)27(3,4)5/h6-16,26,28H,17H2,1-5H3/t26-/m1/s1. The number of hydrogen-bond acceptors (Lipinski definition) is 4. The first-order valence-corrected chi connectivity index (χ1v) is 13.7. The van der Waals surface area contributed by atoms with E-state index in [9.17, 15) is 13.2 Å². The molecule has 1 fully saturated rings. The van der Waals surface area contributed by atoms with Crippen molar-refractivity contribution in [2.75, 3.05) is 15.4 Å². The second kappa shape index (κ2) is 9.12. The van der Waals surface area contributed by atoms with Crippen molar-refractivity contribution in [1.29, 1.82) is 0 Å². The molecule has 1 aliphatic heterocycles. The molecule has 0 aliphatic carbocycles. The van der Waals surface area contributed by atoms with Crippen LogP contribution < -0.4 is 9.62 Å². The molecule has 0 unspecified atom stereocenters. The summed E-state index contributed by atoms with van der Waals surface area (Å²) in [7, 11) is -3.74. The van der Waals surface area contributed by atoms with Gasteiger partial charge in [-0.3, -0.25) is 14.4 Å². The van der Waals surface area contributed by atoms with Crippen molar-refractivity contribution >= 4 is 39.1 Å². The molecule has 34 heavy (non-hydrogen) atoms. The van der Waals surface area contributed by atoms with E-state index in [-0.39, 0.29) is 21.6 Å². The number of carbonyl (C=O) groups is 1. The first kappa shape index (κ1) is 24.4. The zero-order valence-electron chi connectivity index (χ0n) is 20.1. The van der Waals surface area contributed by atoms with Gasteiger partial charge in [0.25, 0.3) is 10.0 Å². The van der Waals surface area contributed by atoms with E-state index in [4.69, 9.17) is 0 Å². The molecule has 1 amide bonds. The number of nitrogens with one attached hydrogen (secondary N) is 1. The molecule has 0 radical (unpaired) electrons. The maximum atomic E-state index is 13.0. The third-order valence-electron chi connectivity index (χ3n) is 6.09. The van der Waals surface area contributed by atoms with E-state index in [1.165, 1.54) is 5.56 Å². The molecule has 0 spiro atoms. The Morgan fingerprint density at radius 1 is 0.941 bits per heavy atom. The van der Waals surface area contributed by atoms with Crippen molar-refractivity contribution in [2.24, 2.45) is 0 Å². The highest BCUT2D eigenvalue weighted by atomic mass is 32.2. The summed E-state index contributed by atoms with van der Waals surface area (Å²) in [5, 5.41) is -0.217. The van der Waals surface area contributed by atoms with Crippen molar-refractivity contribution in [1.82, 2.24) is 0 Å². The Hall–Kier alpha value is -2.77. The Morgan fingerprint density at radius 2 is 1.65 bits per heavy atom. The van der Waals surface area contributed by atoms with E-state index in [0.717, 1.165) is 22.4 Å². The Bertz CT molecular complexity index is 1330. The number of thioether (sulfide) groups is 1. The fourth-order valence-electron chi connectivity index (χ4n) is 3.93. The molecule has 5 nitrogen and oxygen atoms in total. The van der Waals surface area contributed by atoms with Gasteiger partial charge in [0.15, 0.2) is 0 Å². The topological polar surface area (TPSA) is 66.5 Å². The number of aryl methyl sites for hydroxylation is 2. The summed E-state index contributed by atoms with van der Waals surface area (Å²) < 4.78 is 28.7. The monoisotopic (exact) mass is 494 g/mol. The zero-order chi connectivity index (χ0) is 24.7. The van der Waals surface area contributed by atoms with Gasteiger partial charge >= 0.3 is 0 Å². The van der Waals surface area contributed by atoms with Gasteiger partial charge in [0.2, 0.25) is 5.91 Å². The van der Waals surface area contributed by atoms with Crippen LogP contribution in [0.5, 0.6) is 0 Å². The SMILES string of the molecule is Cc1ccc(N2C(=O)CS[C@@H]2c2cccc(NS(=O)(=O)c3ccc(C(C)(C)C)cc3)c2)cc1C. The van der Waals surface area contributed by atoms with Crippen LogP contribution in [0.3, 0.4) is 0 Å². The van der Waals surface area contributed by atoms with Crippen LogP contribution in [0.25, 0.3) is 0 Å². The molecule has 1 aliphatic rings. The number of nitrogens with zero attached hydrogens (tertiary/aromatic N) is 1. The quantitative estimate of drug-likeness (QED) is 0.460. The van der Waals surface area contributed by atoms with Gasteiger partial charge in [0.1, 0.15) is 5.37 Å². The Morgan fingerprint density at radius 3 is 2.29 bits per heavy atom. The van der Waals surface area contributed by atoms with E-state index in [0.29, 0.717) is 11.4 Å². The van der Waals surface area contributed by atoms with Gasteiger partial charge in [0.05, 0.1) is 10.6 Å². The van der Waals surface area contributed by atoms with Gasteiger partial charge in [0, 0.05) is 11.4 Å². The predicted molar refractivity (Wildman–Crippen MR) is 141 cm³/mol. The van der Waals surface area contributed by atoms with E-state index < -0.39 is 10.0 Å². The van der Waals surface area contributed by atoms with Crippen LogP contribution >= 0.6 is 11.8 Å². The lowest BCUT2D eigenvalue weighted by atomic mass is 9.87. The first-order chi connectivity index (χ1) is 16.0. The third-order valence-corrected chi connectivity index (χ3v) is 8.70. The van der Waals surface area contributed by atoms with Crippen molar-refractivity contribution in [3.63, 3.8) is 0 Å². The van der Waals surface area contributed by atoms with Gasteiger partial charge in [-0.15, -0.1) is 11.8 Å². The third kappa shape index (κ3) is 5.00. The second-order valence-corrected chi connectivity index (χ2v) is 12.5. The normalized spacial score (nSPS) is 16.7. The van der Waals surface area contributed by atoms with Crippen LogP contribution in [-0.2, 0) is 20.2 Å². The van der Waals surface area contributed by atoms with Crippen molar-refractivity contribution in [2.45, 2.75) is 50.3 Å². The van der Waals surface area contributed by atoms with Gasteiger partial charge in [-0.05, 0) is 77.9 Å². The Kier molecular flexibility index (Phi) is 6.53. The second-order valence-electron chi connectivity index (χ2n) is 9.70. The molecule has 0 aromatic heterocycles. The number of hydrogen-bond donors (Lipinski definition) is 1. The van der Waals surface area contributed by atoms with Gasteiger partial charge < -0.3 is 0 Å². The molecular weight excluding hydrogens is 464 g/mol. The minimum absolute atomic E-state index is 0.0446. The van der Waals surface area contributed by atoms with E-state index in [2.05, 4.69) is 25.5 Å². The summed E-state index contributed by atoms with van der Waals surface area (Å²) in [5.41, 5.74) is 5.51. The fourth-order valence-corrected chi connectivity index (χ4v) is 6.15. The molecule has 3 aromatic carbocycles. The fraction of sp³-hybridized carbons (Fsp3) is 0.296. The van der Waals surface area contributed by atoms with Crippen LogP contribution in [0.4, 0.5) is 11.4 Å². The lowest BCUT2D eigenvalue weighted by Crippen LogP contribution is -2.28. The average molecular weight is 495 g/mol. The van der Waals surface area contributed by atoms with Crippen molar-refractivity contribution < 1.29 is 13.2 Å². The van der Waals surface area contributed by atoms with Crippen LogP contribution in [0.1, 0.15) is 48.4 Å². The highest BCUT2D eigenvalue weighted by Gasteiger charge is 2.34. The van der Waals surface area contributed by atoms with E-state index >= 15 is 0 Å². The summed E-state index contributed by atoms with van der Waals surface area (Å²) >= 11 is 1.54. The molecule has 1 N–H and O–H groups in total. The molecule has 0 bridgehead atoms. The van der Waals surface area contributed by atoms with E-state index in [1.807, 2.05) is 62.4 Å². The van der Waals surface area contributed by atoms with Crippen LogP contribution in [0.15, 0.2) is 71.6 Å². The summed E-state index contributed by atoms with van der Waals surface area (Å²) in [6, 6.07) is 20.3. The highest BCUT2D eigenvalue weighted by molar-refractivity contribution is 8.00. The molecule has 1 saturated heterocycles. The maximum absolute atomic E-state index is 13.0. The van der Waals surface area contributed by atoms with Crippen LogP contribution in [0, 0.1) is 13.8 Å². The van der Waals surface area contributed by atoms with Gasteiger partial charge in [-0.2, -0.15) is 0 Å². The predicted octanol–water partition coefficient (Wildman–Crippen LogP) is 6.18.